The Morgan fingerprint density at radius 3 is 2.45 bits per heavy atom. The summed E-state index contributed by atoms with van der Waals surface area (Å²) in [4.78, 5) is 4.48. The van der Waals surface area contributed by atoms with Gasteiger partial charge in [-0.15, -0.1) is 11.6 Å². The number of benzene rings is 2. The number of rotatable bonds is 4. The van der Waals surface area contributed by atoms with Crippen LogP contribution in [-0.4, -0.2) is 20.5 Å². The number of alkyl halides is 1. The molecular weight excluding hydrogens is 296 g/mol. The van der Waals surface area contributed by atoms with Gasteiger partial charge in [-0.05, 0) is 35.4 Å². The summed E-state index contributed by atoms with van der Waals surface area (Å²) in [5.41, 5.74) is 4.28. The second-order valence-corrected chi connectivity index (χ2v) is 6.38. The molecule has 1 heterocycles. The van der Waals surface area contributed by atoms with Crippen LogP contribution in [0.5, 0.6) is 5.75 Å². The highest BCUT2D eigenvalue weighted by atomic mass is 35.5. The number of hydrogen-bond acceptors (Lipinski definition) is 2. The highest BCUT2D eigenvalue weighted by Crippen LogP contribution is 2.33. The van der Waals surface area contributed by atoms with Crippen LogP contribution in [-0.2, 0) is 12.0 Å². The normalized spacial score (nSPS) is 12.0. The molecule has 2 aromatic carbocycles. The van der Waals surface area contributed by atoms with Crippen molar-refractivity contribution < 1.29 is 5.11 Å². The number of hydrogen-bond donors (Lipinski definition) is 1. The van der Waals surface area contributed by atoms with Gasteiger partial charge in [0.05, 0.1) is 17.4 Å². The maximum Gasteiger partial charge on any atom is 0.115 e. The summed E-state index contributed by atoms with van der Waals surface area (Å²) < 4.78 is 2.07. The Hall–Kier alpha value is -2.00. The molecule has 4 heteroatoms. The molecule has 1 N–H and O–H groups in total. The summed E-state index contributed by atoms with van der Waals surface area (Å²) >= 11 is 5.82. The Kier molecular flexibility index (Phi) is 3.83. The molecule has 22 heavy (non-hydrogen) atoms. The average Bonchev–Trinajstić information content (AvgIpc) is 2.91. The van der Waals surface area contributed by atoms with Gasteiger partial charge in [-0.3, -0.25) is 0 Å². The van der Waals surface area contributed by atoms with Gasteiger partial charge in [-0.25, -0.2) is 4.98 Å². The van der Waals surface area contributed by atoms with E-state index in [2.05, 4.69) is 41.6 Å². The molecule has 0 spiro atoms. The summed E-state index contributed by atoms with van der Waals surface area (Å²) in [6.45, 7) is 5.12. The number of nitrogens with zero attached hydrogens (tertiary/aromatic N) is 2. The van der Waals surface area contributed by atoms with E-state index in [9.17, 15) is 5.11 Å². The molecule has 0 amide bonds. The molecule has 3 nitrogen and oxygen atoms in total. The van der Waals surface area contributed by atoms with E-state index < -0.39 is 0 Å². The summed E-state index contributed by atoms with van der Waals surface area (Å²) in [5, 5.41) is 9.46. The quantitative estimate of drug-likeness (QED) is 0.729. The summed E-state index contributed by atoms with van der Waals surface area (Å²) in [5.74, 6) is 0.862. The predicted octanol–water partition coefficient (Wildman–Crippen LogP) is 4.31. The number of aromatic nitrogens is 2. The fourth-order valence-electron chi connectivity index (χ4n) is 2.77. The molecule has 114 valence electrons. The minimum absolute atomic E-state index is 0.155. The lowest BCUT2D eigenvalue weighted by Crippen LogP contribution is -2.18. The Morgan fingerprint density at radius 2 is 1.77 bits per heavy atom. The van der Waals surface area contributed by atoms with Crippen LogP contribution in [0, 0.1) is 0 Å². The fraction of sp³-hybridized carbons (Fsp3) is 0.278. The van der Waals surface area contributed by atoms with E-state index in [4.69, 9.17) is 11.6 Å². The maximum absolute atomic E-state index is 9.46. The van der Waals surface area contributed by atoms with Crippen molar-refractivity contribution in [2.45, 2.75) is 25.8 Å². The maximum atomic E-state index is 9.46. The van der Waals surface area contributed by atoms with Gasteiger partial charge >= 0.3 is 0 Å². The lowest BCUT2D eigenvalue weighted by atomic mass is 9.78. The number of halogens is 1. The van der Waals surface area contributed by atoms with Gasteiger partial charge in [0.15, 0.2) is 0 Å². The smallest absolute Gasteiger partial charge is 0.115 e. The topological polar surface area (TPSA) is 38.1 Å². The molecule has 0 fully saturated rings. The van der Waals surface area contributed by atoms with Crippen LogP contribution in [0.25, 0.3) is 11.0 Å². The SMILES string of the molecule is CC(C)(c1ccc(O)cc1)c1ccc2c(c1)ncn2CCCl. The third-order valence-electron chi connectivity index (χ3n) is 4.26. The monoisotopic (exact) mass is 314 g/mol. The first-order valence-corrected chi connectivity index (χ1v) is 7.86. The molecule has 1 aromatic heterocycles. The molecule has 0 bridgehead atoms. The van der Waals surface area contributed by atoms with Crippen LogP contribution in [0.2, 0.25) is 0 Å². The second kappa shape index (κ2) is 5.65. The van der Waals surface area contributed by atoms with E-state index in [1.807, 2.05) is 18.5 Å². The zero-order valence-electron chi connectivity index (χ0n) is 12.8. The third kappa shape index (κ3) is 2.57. The summed E-state index contributed by atoms with van der Waals surface area (Å²) in [7, 11) is 0. The molecule has 0 aliphatic rings. The van der Waals surface area contributed by atoms with Crippen LogP contribution >= 0.6 is 11.6 Å². The first-order valence-electron chi connectivity index (χ1n) is 7.33. The molecule has 0 saturated carbocycles. The second-order valence-electron chi connectivity index (χ2n) is 6.00. The summed E-state index contributed by atoms with van der Waals surface area (Å²) in [6, 6.07) is 13.8. The molecule has 3 rings (SSSR count). The van der Waals surface area contributed by atoms with Crippen LogP contribution in [0.1, 0.15) is 25.0 Å². The Bertz CT molecular complexity index is 790. The van der Waals surface area contributed by atoms with Crippen molar-refractivity contribution >= 4 is 22.6 Å². The number of imidazole rings is 1. The molecule has 0 saturated heterocycles. The van der Waals surface area contributed by atoms with E-state index in [0.29, 0.717) is 5.88 Å². The zero-order valence-corrected chi connectivity index (χ0v) is 13.5. The molecule has 0 aliphatic heterocycles. The van der Waals surface area contributed by atoms with Crippen molar-refractivity contribution in [3.63, 3.8) is 0 Å². The van der Waals surface area contributed by atoms with Crippen LogP contribution < -0.4 is 0 Å². The highest BCUT2D eigenvalue weighted by molar-refractivity contribution is 6.17. The highest BCUT2D eigenvalue weighted by Gasteiger charge is 2.23. The zero-order chi connectivity index (χ0) is 15.7. The van der Waals surface area contributed by atoms with Gasteiger partial charge in [-0.2, -0.15) is 0 Å². The lowest BCUT2D eigenvalue weighted by Gasteiger charge is -2.26. The molecule has 0 unspecified atom stereocenters. The number of phenolic OH excluding ortho intramolecular Hbond substituents is 1. The molecule has 3 aromatic rings. The molecular formula is C18H19ClN2O. The largest absolute Gasteiger partial charge is 0.508 e. The predicted molar refractivity (Wildman–Crippen MR) is 90.7 cm³/mol. The Labute approximate surface area is 135 Å². The van der Waals surface area contributed by atoms with Crippen LogP contribution in [0.4, 0.5) is 0 Å². The Morgan fingerprint density at radius 1 is 1.09 bits per heavy atom. The van der Waals surface area contributed by atoms with Gasteiger partial charge < -0.3 is 9.67 Å². The van der Waals surface area contributed by atoms with E-state index in [0.717, 1.165) is 23.1 Å². The Balaban J connectivity index is 2.03. The molecule has 0 atom stereocenters. The minimum Gasteiger partial charge on any atom is -0.508 e. The van der Waals surface area contributed by atoms with Crippen molar-refractivity contribution in [3.8, 4) is 5.75 Å². The van der Waals surface area contributed by atoms with Crippen molar-refractivity contribution in [3.05, 3.63) is 59.9 Å². The van der Waals surface area contributed by atoms with E-state index in [-0.39, 0.29) is 11.2 Å². The van der Waals surface area contributed by atoms with Crippen molar-refractivity contribution in [1.82, 2.24) is 9.55 Å². The van der Waals surface area contributed by atoms with Crippen molar-refractivity contribution in [2.24, 2.45) is 0 Å². The fourth-order valence-corrected chi connectivity index (χ4v) is 2.95. The van der Waals surface area contributed by atoms with Crippen LogP contribution in [0.3, 0.4) is 0 Å². The number of phenols is 1. The third-order valence-corrected chi connectivity index (χ3v) is 4.43. The number of aromatic hydroxyl groups is 1. The van der Waals surface area contributed by atoms with E-state index in [1.54, 1.807) is 12.1 Å². The van der Waals surface area contributed by atoms with Crippen molar-refractivity contribution in [2.75, 3.05) is 5.88 Å². The number of fused-ring (bicyclic) bond motifs is 1. The van der Waals surface area contributed by atoms with E-state index >= 15 is 0 Å². The van der Waals surface area contributed by atoms with Gasteiger partial charge in [0.25, 0.3) is 0 Å². The van der Waals surface area contributed by atoms with Crippen molar-refractivity contribution in [1.29, 1.82) is 0 Å². The number of aryl methyl sites for hydroxylation is 1. The minimum atomic E-state index is -0.155. The lowest BCUT2D eigenvalue weighted by molar-refractivity contribution is 0.474. The standard InChI is InChI=1S/C18H19ClN2O/c1-18(2,13-3-6-15(22)7-4-13)14-5-8-17-16(11-14)20-12-21(17)10-9-19/h3-8,11-12,22H,9-10H2,1-2H3. The van der Waals surface area contributed by atoms with Gasteiger partial charge in [0, 0.05) is 17.8 Å². The van der Waals surface area contributed by atoms with Gasteiger partial charge in [0.1, 0.15) is 5.75 Å². The average molecular weight is 315 g/mol. The van der Waals surface area contributed by atoms with Gasteiger partial charge in [-0.1, -0.05) is 32.0 Å². The first kappa shape index (κ1) is 14.9. The summed E-state index contributed by atoms with van der Waals surface area (Å²) in [6.07, 6.45) is 1.84. The van der Waals surface area contributed by atoms with Crippen LogP contribution in [0.15, 0.2) is 48.8 Å². The van der Waals surface area contributed by atoms with E-state index in [1.165, 1.54) is 5.56 Å². The first-order chi connectivity index (χ1) is 10.5. The molecule has 0 aliphatic carbocycles. The van der Waals surface area contributed by atoms with Gasteiger partial charge in [0.2, 0.25) is 0 Å². The molecule has 0 radical (unpaired) electrons.